The third-order valence-electron chi connectivity index (χ3n) is 4.01. The topological polar surface area (TPSA) is 3.24 Å². The molecule has 0 saturated carbocycles. The van der Waals surface area contributed by atoms with Gasteiger partial charge in [-0.15, -0.1) is 0 Å². The number of halogens is 4. The summed E-state index contributed by atoms with van der Waals surface area (Å²) < 4.78 is 39.5. The maximum absolute atomic E-state index is 12.8. The van der Waals surface area contributed by atoms with Crippen molar-refractivity contribution >= 4 is 15.9 Å². The largest absolute Gasteiger partial charge is 0.393 e. The van der Waals surface area contributed by atoms with Crippen LogP contribution in [0.15, 0.2) is 16.6 Å². The molecular weight excluding hydrogens is 331 g/mol. The number of rotatable bonds is 2. The summed E-state index contributed by atoms with van der Waals surface area (Å²) in [5, 5.41) is 0. The summed E-state index contributed by atoms with van der Waals surface area (Å²) in [6.07, 6.45) is -3.18. The van der Waals surface area contributed by atoms with Gasteiger partial charge in [0.05, 0.1) is 5.92 Å². The Morgan fingerprint density at radius 1 is 1.25 bits per heavy atom. The Labute approximate surface area is 126 Å². The second-order valence-corrected chi connectivity index (χ2v) is 6.55. The van der Waals surface area contributed by atoms with Gasteiger partial charge >= 0.3 is 6.18 Å². The van der Waals surface area contributed by atoms with Crippen LogP contribution in [0.4, 0.5) is 13.2 Å². The van der Waals surface area contributed by atoms with Crippen LogP contribution in [0, 0.1) is 19.8 Å². The Hall–Kier alpha value is -0.550. The van der Waals surface area contributed by atoms with E-state index in [0.29, 0.717) is 13.0 Å². The van der Waals surface area contributed by atoms with Gasteiger partial charge in [-0.3, -0.25) is 4.90 Å². The fourth-order valence-electron chi connectivity index (χ4n) is 2.88. The molecule has 1 nitrogen and oxygen atoms in total. The monoisotopic (exact) mass is 349 g/mol. The predicted molar refractivity (Wildman–Crippen MR) is 77.7 cm³/mol. The average molecular weight is 350 g/mol. The van der Waals surface area contributed by atoms with Crippen molar-refractivity contribution in [2.75, 3.05) is 13.1 Å². The summed E-state index contributed by atoms with van der Waals surface area (Å²) in [4.78, 5) is 1.94. The molecule has 1 aliphatic rings. The van der Waals surface area contributed by atoms with Crippen LogP contribution in [0.1, 0.15) is 29.5 Å². The van der Waals surface area contributed by atoms with Crippen molar-refractivity contribution in [3.63, 3.8) is 0 Å². The molecule has 0 radical (unpaired) electrons. The average Bonchev–Trinajstić information content (AvgIpc) is 2.33. The minimum Gasteiger partial charge on any atom is -0.298 e. The van der Waals surface area contributed by atoms with Gasteiger partial charge in [-0.05, 0) is 62.1 Å². The van der Waals surface area contributed by atoms with E-state index in [0.717, 1.165) is 27.7 Å². The standard InChI is InChI=1S/C15H19BrF3N/c1-10-6-13(16)7-11(2)14(10)9-20-5-3-4-12(8-20)15(17,18)19/h6-7,12H,3-5,8-9H2,1-2H3. The minimum atomic E-state index is -4.07. The Bertz CT molecular complexity index is 461. The van der Waals surface area contributed by atoms with Crippen LogP contribution in [0.2, 0.25) is 0 Å². The summed E-state index contributed by atoms with van der Waals surface area (Å²) in [5.41, 5.74) is 3.41. The summed E-state index contributed by atoms with van der Waals surface area (Å²) >= 11 is 3.45. The first-order valence-electron chi connectivity index (χ1n) is 6.82. The maximum atomic E-state index is 12.8. The molecule has 0 bridgehead atoms. The van der Waals surface area contributed by atoms with Gasteiger partial charge in [0, 0.05) is 17.6 Å². The smallest absolute Gasteiger partial charge is 0.298 e. The van der Waals surface area contributed by atoms with E-state index in [2.05, 4.69) is 15.9 Å². The van der Waals surface area contributed by atoms with Crippen molar-refractivity contribution in [3.05, 3.63) is 33.3 Å². The van der Waals surface area contributed by atoms with Crippen LogP contribution >= 0.6 is 15.9 Å². The second-order valence-electron chi connectivity index (χ2n) is 5.63. The van der Waals surface area contributed by atoms with Gasteiger partial charge in [0.2, 0.25) is 0 Å². The van der Waals surface area contributed by atoms with Gasteiger partial charge in [0.1, 0.15) is 0 Å². The molecule has 1 aromatic rings. The molecule has 1 aromatic carbocycles. The summed E-state index contributed by atoms with van der Waals surface area (Å²) in [7, 11) is 0. The number of piperidine rings is 1. The van der Waals surface area contributed by atoms with E-state index in [4.69, 9.17) is 0 Å². The number of hydrogen-bond acceptors (Lipinski definition) is 1. The van der Waals surface area contributed by atoms with Crippen molar-refractivity contribution in [2.24, 2.45) is 5.92 Å². The molecule has 1 saturated heterocycles. The number of hydrogen-bond donors (Lipinski definition) is 0. The molecule has 0 amide bonds. The molecule has 20 heavy (non-hydrogen) atoms. The summed E-state index contributed by atoms with van der Waals surface area (Å²) in [6.45, 7) is 5.51. The minimum absolute atomic E-state index is 0.123. The van der Waals surface area contributed by atoms with Crippen LogP contribution in [-0.2, 0) is 6.54 Å². The third kappa shape index (κ3) is 3.76. The zero-order valence-electron chi connectivity index (χ0n) is 11.7. The fourth-order valence-corrected chi connectivity index (χ4v) is 3.57. The van der Waals surface area contributed by atoms with E-state index in [1.807, 2.05) is 30.9 Å². The Kier molecular flexibility index (Phi) is 4.80. The molecular formula is C15H19BrF3N. The van der Waals surface area contributed by atoms with Crippen LogP contribution in [0.25, 0.3) is 0 Å². The van der Waals surface area contributed by atoms with Gasteiger partial charge in [-0.1, -0.05) is 15.9 Å². The van der Waals surface area contributed by atoms with Gasteiger partial charge in [0.25, 0.3) is 0 Å². The van der Waals surface area contributed by atoms with Gasteiger partial charge < -0.3 is 0 Å². The maximum Gasteiger partial charge on any atom is 0.393 e. The number of alkyl halides is 3. The number of nitrogens with zero attached hydrogens (tertiary/aromatic N) is 1. The van der Waals surface area contributed by atoms with E-state index >= 15 is 0 Å². The van der Waals surface area contributed by atoms with Gasteiger partial charge in [0.15, 0.2) is 0 Å². The van der Waals surface area contributed by atoms with Gasteiger partial charge in [-0.25, -0.2) is 0 Å². The van der Waals surface area contributed by atoms with Crippen LogP contribution in [0.5, 0.6) is 0 Å². The molecule has 1 aliphatic heterocycles. The van der Waals surface area contributed by atoms with E-state index < -0.39 is 12.1 Å². The lowest BCUT2D eigenvalue weighted by Crippen LogP contribution is -2.41. The third-order valence-corrected chi connectivity index (χ3v) is 4.47. The number of benzene rings is 1. The molecule has 0 aromatic heterocycles. The SMILES string of the molecule is Cc1cc(Br)cc(C)c1CN1CCCC(C(F)(F)F)C1. The highest BCUT2D eigenvalue weighted by Gasteiger charge is 2.41. The van der Waals surface area contributed by atoms with Crippen molar-refractivity contribution in [1.82, 2.24) is 4.90 Å². The fraction of sp³-hybridized carbons (Fsp3) is 0.600. The first kappa shape index (κ1) is 15.8. The van der Waals surface area contributed by atoms with E-state index in [1.165, 1.54) is 0 Å². The van der Waals surface area contributed by atoms with E-state index in [9.17, 15) is 13.2 Å². The predicted octanol–water partition coefficient (Wildman–Crippen LogP) is 4.84. The first-order chi connectivity index (χ1) is 9.27. The zero-order valence-corrected chi connectivity index (χ0v) is 13.3. The highest BCUT2D eigenvalue weighted by molar-refractivity contribution is 9.10. The Balaban J connectivity index is 2.11. The summed E-state index contributed by atoms with van der Waals surface area (Å²) in [6, 6.07) is 4.04. The van der Waals surface area contributed by atoms with Crippen molar-refractivity contribution in [2.45, 2.75) is 39.4 Å². The lowest BCUT2D eigenvalue weighted by atomic mass is 9.95. The van der Waals surface area contributed by atoms with Crippen LogP contribution in [0.3, 0.4) is 0 Å². The molecule has 1 fully saturated rings. The Morgan fingerprint density at radius 2 is 1.85 bits per heavy atom. The van der Waals surface area contributed by atoms with E-state index in [1.54, 1.807) is 0 Å². The number of likely N-dealkylation sites (tertiary alicyclic amines) is 1. The van der Waals surface area contributed by atoms with Crippen LogP contribution in [-0.4, -0.2) is 24.2 Å². The molecule has 1 heterocycles. The molecule has 0 spiro atoms. The Morgan fingerprint density at radius 3 is 2.40 bits per heavy atom. The normalized spacial score (nSPS) is 21.2. The van der Waals surface area contributed by atoms with Crippen LogP contribution < -0.4 is 0 Å². The molecule has 0 aliphatic carbocycles. The van der Waals surface area contributed by atoms with E-state index in [-0.39, 0.29) is 13.0 Å². The zero-order chi connectivity index (χ0) is 14.9. The van der Waals surface area contributed by atoms with Crippen molar-refractivity contribution < 1.29 is 13.2 Å². The van der Waals surface area contributed by atoms with Crippen molar-refractivity contribution in [3.8, 4) is 0 Å². The lowest BCUT2D eigenvalue weighted by molar-refractivity contribution is -0.187. The highest BCUT2D eigenvalue weighted by Crippen LogP contribution is 2.34. The summed E-state index contributed by atoms with van der Waals surface area (Å²) in [5.74, 6) is -1.17. The van der Waals surface area contributed by atoms with Crippen molar-refractivity contribution in [1.29, 1.82) is 0 Å². The molecule has 1 atom stereocenters. The highest BCUT2D eigenvalue weighted by atomic mass is 79.9. The molecule has 1 unspecified atom stereocenters. The molecule has 5 heteroatoms. The number of aryl methyl sites for hydroxylation is 2. The molecule has 2 rings (SSSR count). The first-order valence-corrected chi connectivity index (χ1v) is 7.61. The lowest BCUT2D eigenvalue weighted by Gasteiger charge is -2.34. The quantitative estimate of drug-likeness (QED) is 0.738. The molecule has 112 valence electrons. The van der Waals surface area contributed by atoms with Gasteiger partial charge in [-0.2, -0.15) is 13.2 Å². The second kappa shape index (κ2) is 6.06. The molecule has 0 N–H and O–H groups in total.